The molecule has 0 spiro atoms. The summed E-state index contributed by atoms with van der Waals surface area (Å²) in [5.74, 6) is -0.771. The third-order valence-corrected chi connectivity index (χ3v) is 2.49. The van der Waals surface area contributed by atoms with E-state index in [-0.39, 0.29) is 12.4 Å². The van der Waals surface area contributed by atoms with Crippen molar-refractivity contribution in [1.82, 2.24) is 19.1 Å². The van der Waals surface area contributed by atoms with Crippen molar-refractivity contribution in [2.45, 2.75) is 19.1 Å². The zero-order valence-electron chi connectivity index (χ0n) is 8.82. The van der Waals surface area contributed by atoms with Gasteiger partial charge in [0.05, 0.1) is 12.7 Å². The first-order chi connectivity index (χ1) is 7.33. The SMILES string of the molecule is CCC(N=N)(n1ccnc1)n1ccnc1.Cl. The Balaban J connectivity index is 0.00000128. The first-order valence-corrected chi connectivity index (χ1v) is 4.69. The molecule has 2 heterocycles. The van der Waals surface area contributed by atoms with Gasteiger partial charge in [-0.1, -0.05) is 6.92 Å². The molecular weight excluding hydrogens is 228 g/mol. The normalized spacial score (nSPS) is 10.8. The van der Waals surface area contributed by atoms with Crippen LogP contribution in [0.25, 0.3) is 0 Å². The summed E-state index contributed by atoms with van der Waals surface area (Å²) in [4.78, 5) is 7.96. The van der Waals surface area contributed by atoms with Crippen molar-refractivity contribution >= 4 is 12.4 Å². The molecule has 0 aliphatic rings. The predicted molar refractivity (Wildman–Crippen MR) is 60.5 cm³/mol. The second-order valence-electron chi connectivity index (χ2n) is 3.18. The lowest BCUT2D eigenvalue weighted by Gasteiger charge is -2.29. The fourth-order valence-electron chi connectivity index (χ4n) is 1.63. The van der Waals surface area contributed by atoms with Crippen LogP contribution in [0.3, 0.4) is 0 Å². The van der Waals surface area contributed by atoms with Crippen LogP contribution in [0.5, 0.6) is 0 Å². The van der Waals surface area contributed by atoms with E-state index in [1.54, 1.807) is 46.6 Å². The highest BCUT2D eigenvalue weighted by Crippen LogP contribution is 2.24. The third-order valence-electron chi connectivity index (χ3n) is 2.49. The van der Waals surface area contributed by atoms with Gasteiger partial charge in [-0.15, -0.1) is 17.5 Å². The summed E-state index contributed by atoms with van der Waals surface area (Å²) < 4.78 is 3.59. The van der Waals surface area contributed by atoms with Gasteiger partial charge < -0.3 is 0 Å². The summed E-state index contributed by atoms with van der Waals surface area (Å²) in [5.41, 5.74) is 7.39. The molecule has 2 rings (SSSR count). The van der Waals surface area contributed by atoms with E-state index in [9.17, 15) is 0 Å². The Bertz CT molecular complexity index is 387. The van der Waals surface area contributed by atoms with Crippen molar-refractivity contribution in [3.8, 4) is 0 Å². The van der Waals surface area contributed by atoms with Crippen molar-refractivity contribution < 1.29 is 0 Å². The monoisotopic (exact) mass is 240 g/mol. The summed E-state index contributed by atoms with van der Waals surface area (Å²) in [6, 6.07) is 0. The van der Waals surface area contributed by atoms with Crippen molar-refractivity contribution in [2.24, 2.45) is 5.11 Å². The largest absolute Gasteiger partial charge is 0.293 e. The molecule has 1 N–H and O–H groups in total. The highest BCUT2D eigenvalue weighted by molar-refractivity contribution is 5.85. The zero-order valence-corrected chi connectivity index (χ0v) is 9.63. The van der Waals surface area contributed by atoms with Crippen LogP contribution in [0.1, 0.15) is 13.3 Å². The van der Waals surface area contributed by atoms with Gasteiger partial charge in [-0.3, -0.25) is 9.13 Å². The van der Waals surface area contributed by atoms with E-state index in [0.29, 0.717) is 6.42 Å². The zero-order chi connectivity index (χ0) is 10.7. The number of imidazole rings is 2. The van der Waals surface area contributed by atoms with Crippen LogP contribution >= 0.6 is 12.4 Å². The molecule has 0 aliphatic carbocycles. The fourth-order valence-corrected chi connectivity index (χ4v) is 1.63. The molecular formula is C9H13ClN6. The van der Waals surface area contributed by atoms with Gasteiger partial charge >= 0.3 is 0 Å². The summed E-state index contributed by atoms with van der Waals surface area (Å²) in [7, 11) is 0. The second-order valence-corrected chi connectivity index (χ2v) is 3.18. The molecule has 86 valence electrons. The molecule has 0 saturated heterocycles. The summed E-state index contributed by atoms with van der Waals surface area (Å²) in [5, 5.41) is 3.72. The molecule has 0 unspecified atom stereocenters. The highest BCUT2D eigenvalue weighted by Gasteiger charge is 2.30. The van der Waals surface area contributed by atoms with Crippen molar-refractivity contribution in [1.29, 1.82) is 5.53 Å². The van der Waals surface area contributed by atoms with Crippen LogP contribution in [0.15, 0.2) is 42.6 Å². The van der Waals surface area contributed by atoms with Crippen LogP contribution in [0, 0.1) is 5.53 Å². The van der Waals surface area contributed by atoms with Crippen LogP contribution in [-0.2, 0) is 5.79 Å². The summed E-state index contributed by atoms with van der Waals surface area (Å²) in [6.07, 6.45) is 10.9. The topological polar surface area (TPSA) is 71.8 Å². The maximum Gasteiger partial charge on any atom is 0.237 e. The van der Waals surface area contributed by atoms with E-state index < -0.39 is 5.79 Å². The van der Waals surface area contributed by atoms with Gasteiger partial charge in [-0.05, 0) is 0 Å². The number of hydrogen-bond donors (Lipinski definition) is 1. The van der Waals surface area contributed by atoms with Gasteiger partial charge in [0.25, 0.3) is 0 Å². The van der Waals surface area contributed by atoms with Gasteiger partial charge in [-0.25, -0.2) is 15.5 Å². The highest BCUT2D eigenvalue weighted by atomic mass is 35.5. The van der Waals surface area contributed by atoms with Crippen LogP contribution in [0.4, 0.5) is 0 Å². The Labute approximate surface area is 99.3 Å². The molecule has 2 aromatic rings. The Kier molecular flexibility index (Phi) is 3.78. The number of aromatic nitrogens is 4. The Morgan fingerprint density at radius 3 is 1.94 bits per heavy atom. The minimum atomic E-state index is -0.771. The second kappa shape index (κ2) is 4.89. The van der Waals surface area contributed by atoms with E-state index in [2.05, 4.69) is 15.1 Å². The molecule has 0 aromatic carbocycles. The van der Waals surface area contributed by atoms with Gasteiger partial charge in [0.15, 0.2) is 0 Å². The van der Waals surface area contributed by atoms with Crippen LogP contribution in [-0.4, -0.2) is 19.1 Å². The third kappa shape index (κ3) is 1.71. The quantitative estimate of drug-likeness (QED) is 0.832. The van der Waals surface area contributed by atoms with Gasteiger partial charge in [0.1, 0.15) is 0 Å². The van der Waals surface area contributed by atoms with E-state index in [1.807, 2.05) is 6.92 Å². The number of nitrogens with one attached hydrogen (secondary N) is 1. The number of hydrogen-bond acceptors (Lipinski definition) is 4. The molecule has 0 atom stereocenters. The molecule has 0 amide bonds. The van der Waals surface area contributed by atoms with Crippen molar-refractivity contribution in [3.05, 3.63) is 37.4 Å². The summed E-state index contributed by atoms with van der Waals surface area (Å²) in [6.45, 7) is 1.97. The predicted octanol–water partition coefficient (Wildman–Crippen LogP) is 2.10. The van der Waals surface area contributed by atoms with Crippen molar-refractivity contribution in [3.63, 3.8) is 0 Å². The lowest BCUT2D eigenvalue weighted by Crippen LogP contribution is -2.36. The van der Waals surface area contributed by atoms with Crippen LogP contribution in [0.2, 0.25) is 0 Å². The Morgan fingerprint density at radius 2 is 1.69 bits per heavy atom. The molecule has 2 aromatic heterocycles. The standard InChI is InChI=1S/C9H12N6.ClH/c1-2-9(13-10,14-5-3-11-7-14)15-6-4-12-8-15;/h3-8,10H,2H2,1H3;1H. The average molecular weight is 241 g/mol. The van der Waals surface area contributed by atoms with E-state index in [4.69, 9.17) is 5.53 Å². The lowest BCUT2D eigenvalue weighted by molar-refractivity contribution is 0.211. The average Bonchev–Trinajstić information content (AvgIpc) is 2.92. The van der Waals surface area contributed by atoms with Gasteiger partial charge in [0, 0.05) is 31.2 Å². The van der Waals surface area contributed by atoms with Gasteiger partial charge in [0.2, 0.25) is 5.79 Å². The van der Waals surface area contributed by atoms with Crippen molar-refractivity contribution in [2.75, 3.05) is 0 Å². The van der Waals surface area contributed by atoms with E-state index in [0.717, 1.165) is 0 Å². The van der Waals surface area contributed by atoms with E-state index >= 15 is 0 Å². The Morgan fingerprint density at radius 1 is 1.19 bits per heavy atom. The molecule has 0 bridgehead atoms. The maximum atomic E-state index is 7.39. The molecule has 0 radical (unpaired) electrons. The molecule has 16 heavy (non-hydrogen) atoms. The first-order valence-electron chi connectivity index (χ1n) is 4.69. The fraction of sp³-hybridized carbons (Fsp3) is 0.333. The molecule has 0 saturated carbocycles. The molecule has 6 nitrogen and oxygen atoms in total. The molecule has 7 heteroatoms. The minimum absolute atomic E-state index is 0. The Hall–Kier alpha value is -1.69. The number of rotatable bonds is 4. The maximum absolute atomic E-state index is 7.39. The summed E-state index contributed by atoms with van der Waals surface area (Å²) >= 11 is 0. The number of nitrogens with zero attached hydrogens (tertiary/aromatic N) is 5. The van der Waals surface area contributed by atoms with Gasteiger partial charge in [-0.2, -0.15) is 0 Å². The van der Waals surface area contributed by atoms with Crippen LogP contribution < -0.4 is 0 Å². The minimum Gasteiger partial charge on any atom is -0.293 e. The first kappa shape index (κ1) is 12.4. The number of halogens is 1. The molecule has 0 aliphatic heterocycles. The lowest BCUT2D eigenvalue weighted by atomic mass is 10.2. The molecule has 0 fully saturated rings. The van der Waals surface area contributed by atoms with E-state index in [1.165, 1.54) is 0 Å². The smallest absolute Gasteiger partial charge is 0.237 e.